The predicted molar refractivity (Wildman–Crippen MR) is 111 cm³/mol. The first-order valence-electron chi connectivity index (χ1n) is 10.2. The standard InChI is InChI=1S/C23H27FN2O4/c1-3-12-25-23(28)16(2)26(14-18-6-4-5-7-19(18)24)22(27)11-9-17-8-10-20-21(13-17)30-15-29-20/h4-8,10,13,16H,3,9,11-12,14-15H2,1-2H3,(H,25,28)/t16-/m0/s1. The van der Waals surface area contributed by atoms with Gasteiger partial charge in [0.05, 0.1) is 0 Å². The van der Waals surface area contributed by atoms with Crippen molar-refractivity contribution in [1.82, 2.24) is 10.2 Å². The number of carbonyl (C=O) groups excluding carboxylic acids is 2. The summed E-state index contributed by atoms with van der Waals surface area (Å²) >= 11 is 0. The number of carbonyl (C=O) groups is 2. The van der Waals surface area contributed by atoms with Gasteiger partial charge in [0.25, 0.3) is 0 Å². The van der Waals surface area contributed by atoms with E-state index < -0.39 is 11.9 Å². The van der Waals surface area contributed by atoms with Crippen molar-refractivity contribution in [2.45, 2.75) is 45.7 Å². The molecule has 0 fully saturated rings. The molecule has 0 aromatic heterocycles. The average Bonchev–Trinajstić information content (AvgIpc) is 3.22. The molecule has 1 N–H and O–H groups in total. The van der Waals surface area contributed by atoms with Gasteiger partial charge >= 0.3 is 0 Å². The third-order valence-electron chi connectivity index (χ3n) is 5.08. The van der Waals surface area contributed by atoms with Gasteiger partial charge in [0.1, 0.15) is 11.9 Å². The van der Waals surface area contributed by atoms with Gasteiger partial charge in [0.15, 0.2) is 11.5 Å². The zero-order valence-corrected chi connectivity index (χ0v) is 17.3. The fraction of sp³-hybridized carbons (Fsp3) is 0.391. The smallest absolute Gasteiger partial charge is 0.242 e. The van der Waals surface area contributed by atoms with E-state index in [1.54, 1.807) is 25.1 Å². The Labute approximate surface area is 176 Å². The predicted octanol–water partition coefficient (Wildman–Crippen LogP) is 3.43. The van der Waals surface area contributed by atoms with E-state index in [-0.39, 0.29) is 31.6 Å². The van der Waals surface area contributed by atoms with E-state index in [4.69, 9.17) is 9.47 Å². The van der Waals surface area contributed by atoms with Crippen LogP contribution in [0.15, 0.2) is 42.5 Å². The number of halogens is 1. The van der Waals surface area contributed by atoms with Crippen LogP contribution in [0.3, 0.4) is 0 Å². The maximum Gasteiger partial charge on any atom is 0.242 e. The number of nitrogens with one attached hydrogen (secondary N) is 1. The van der Waals surface area contributed by atoms with Gasteiger partial charge in [0.2, 0.25) is 18.6 Å². The van der Waals surface area contributed by atoms with E-state index in [9.17, 15) is 14.0 Å². The number of amides is 2. The molecule has 1 aliphatic rings. The van der Waals surface area contributed by atoms with Crippen LogP contribution in [0, 0.1) is 5.82 Å². The first kappa shape index (κ1) is 21.6. The zero-order chi connectivity index (χ0) is 21.5. The number of rotatable bonds is 9. The molecule has 1 heterocycles. The highest BCUT2D eigenvalue weighted by Crippen LogP contribution is 2.32. The van der Waals surface area contributed by atoms with Crippen LogP contribution in [0.5, 0.6) is 11.5 Å². The average molecular weight is 414 g/mol. The molecule has 7 heteroatoms. The van der Waals surface area contributed by atoms with Gasteiger partial charge in [-0.05, 0) is 43.5 Å². The van der Waals surface area contributed by atoms with Gasteiger partial charge in [-0.25, -0.2) is 4.39 Å². The number of fused-ring (bicyclic) bond motifs is 1. The van der Waals surface area contributed by atoms with Crippen LogP contribution in [0.4, 0.5) is 4.39 Å². The van der Waals surface area contributed by atoms with Crippen molar-refractivity contribution in [3.63, 3.8) is 0 Å². The van der Waals surface area contributed by atoms with Crippen molar-refractivity contribution in [1.29, 1.82) is 0 Å². The SMILES string of the molecule is CCCNC(=O)[C@H](C)N(Cc1ccccc1F)C(=O)CCc1ccc2c(c1)OCO2. The molecule has 0 aliphatic carbocycles. The lowest BCUT2D eigenvalue weighted by Crippen LogP contribution is -2.47. The van der Waals surface area contributed by atoms with Crippen molar-refractivity contribution in [3.05, 3.63) is 59.4 Å². The molecule has 0 saturated carbocycles. The Morgan fingerprint density at radius 1 is 1.17 bits per heavy atom. The molecule has 160 valence electrons. The quantitative estimate of drug-likeness (QED) is 0.683. The van der Waals surface area contributed by atoms with Crippen LogP contribution < -0.4 is 14.8 Å². The summed E-state index contributed by atoms with van der Waals surface area (Å²) in [5.41, 5.74) is 1.31. The van der Waals surface area contributed by atoms with Gasteiger partial charge in [-0.15, -0.1) is 0 Å². The largest absolute Gasteiger partial charge is 0.454 e. The molecule has 0 unspecified atom stereocenters. The highest BCUT2D eigenvalue weighted by Gasteiger charge is 2.26. The number of benzene rings is 2. The minimum atomic E-state index is -0.708. The van der Waals surface area contributed by atoms with E-state index in [0.717, 1.165) is 12.0 Å². The fourth-order valence-electron chi connectivity index (χ4n) is 3.28. The lowest BCUT2D eigenvalue weighted by molar-refractivity contribution is -0.140. The lowest BCUT2D eigenvalue weighted by Gasteiger charge is -2.29. The number of hydrogen-bond acceptors (Lipinski definition) is 4. The fourth-order valence-corrected chi connectivity index (χ4v) is 3.28. The molecule has 6 nitrogen and oxygen atoms in total. The maximum atomic E-state index is 14.2. The van der Waals surface area contributed by atoms with Crippen molar-refractivity contribution in [2.24, 2.45) is 0 Å². The van der Waals surface area contributed by atoms with E-state index >= 15 is 0 Å². The van der Waals surface area contributed by atoms with Crippen LogP contribution in [-0.4, -0.2) is 36.1 Å². The summed E-state index contributed by atoms with van der Waals surface area (Å²) in [4.78, 5) is 27.0. The maximum absolute atomic E-state index is 14.2. The first-order chi connectivity index (χ1) is 14.5. The van der Waals surface area contributed by atoms with Gasteiger partial charge in [-0.1, -0.05) is 31.2 Å². The summed E-state index contributed by atoms with van der Waals surface area (Å²) in [5, 5.41) is 2.81. The Balaban J connectivity index is 1.71. The second kappa shape index (κ2) is 10.1. The first-order valence-corrected chi connectivity index (χ1v) is 10.2. The molecular formula is C23H27FN2O4. The van der Waals surface area contributed by atoms with E-state index in [1.165, 1.54) is 11.0 Å². The molecule has 2 amide bonds. The highest BCUT2D eigenvalue weighted by atomic mass is 19.1. The van der Waals surface area contributed by atoms with Crippen molar-refractivity contribution < 1.29 is 23.5 Å². The summed E-state index contributed by atoms with van der Waals surface area (Å²) < 4.78 is 24.9. The second-order valence-corrected chi connectivity index (χ2v) is 7.27. The molecule has 0 saturated heterocycles. The number of hydrogen-bond donors (Lipinski definition) is 1. The lowest BCUT2D eigenvalue weighted by atomic mass is 10.1. The van der Waals surface area contributed by atoms with Gasteiger partial charge < -0.3 is 19.7 Å². The van der Waals surface area contributed by atoms with Crippen LogP contribution >= 0.6 is 0 Å². The Kier molecular flexibility index (Phi) is 7.27. The normalized spacial score (nSPS) is 13.0. The monoisotopic (exact) mass is 414 g/mol. The van der Waals surface area contributed by atoms with Crippen LogP contribution in [0.1, 0.15) is 37.8 Å². The Morgan fingerprint density at radius 2 is 1.93 bits per heavy atom. The molecule has 0 radical (unpaired) electrons. The van der Waals surface area contributed by atoms with Crippen LogP contribution in [0.25, 0.3) is 0 Å². The third kappa shape index (κ3) is 5.28. The third-order valence-corrected chi connectivity index (χ3v) is 5.08. The molecule has 1 atom stereocenters. The van der Waals surface area contributed by atoms with E-state index in [1.807, 2.05) is 25.1 Å². The molecule has 2 aromatic rings. The summed E-state index contributed by atoms with van der Waals surface area (Å²) in [6.45, 7) is 4.39. The molecule has 30 heavy (non-hydrogen) atoms. The van der Waals surface area contributed by atoms with Crippen molar-refractivity contribution >= 4 is 11.8 Å². The zero-order valence-electron chi connectivity index (χ0n) is 17.3. The Bertz CT molecular complexity index is 903. The molecule has 0 bridgehead atoms. The minimum Gasteiger partial charge on any atom is -0.454 e. The number of aryl methyl sites for hydroxylation is 1. The number of ether oxygens (including phenoxy) is 2. The van der Waals surface area contributed by atoms with Crippen LogP contribution in [-0.2, 0) is 22.6 Å². The van der Waals surface area contributed by atoms with Gasteiger partial charge in [-0.2, -0.15) is 0 Å². The highest BCUT2D eigenvalue weighted by molar-refractivity contribution is 5.87. The number of nitrogens with zero attached hydrogens (tertiary/aromatic N) is 1. The molecule has 2 aromatic carbocycles. The molecule has 0 spiro atoms. The molecular weight excluding hydrogens is 387 g/mol. The summed E-state index contributed by atoms with van der Waals surface area (Å²) in [6, 6.07) is 11.2. The van der Waals surface area contributed by atoms with Crippen molar-refractivity contribution in [2.75, 3.05) is 13.3 Å². The summed E-state index contributed by atoms with van der Waals surface area (Å²) in [7, 11) is 0. The van der Waals surface area contributed by atoms with Gasteiger partial charge in [-0.3, -0.25) is 9.59 Å². The van der Waals surface area contributed by atoms with Crippen molar-refractivity contribution in [3.8, 4) is 11.5 Å². The minimum absolute atomic E-state index is 0.0351. The van der Waals surface area contributed by atoms with E-state index in [2.05, 4.69) is 5.32 Å². The second-order valence-electron chi connectivity index (χ2n) is 7.27. The molecule has 1 aliphatic heterocycles. The summed E-state index contributed by atoms with van der Waals surface area (Å²) in [6.07, 6.45) is 1.47. The topological polar surface area (TPSA) is 67.9 Å². The van der Waals surface area contributed by atoms with Crippen LogP contribution in [0.2, 0.25) is 0 Å². The summed E-state index contributed by atoms with van der Waals surface area (Å²) in [5.74, 6) is 0.495. The Morgan fingerprint density at radius 3 is 2.70 bits per heavy atom. The van der Waals surface area contributed by atoms with E-state index in [0.29, 0.717) is 30.0 Å². The van der Waals surface area contributed by atoms with Gasteiger partial charge in [0, 0.05) is 25.1 Å². The Hall–Kier alpha value is -3.09. The molecule has 3 rings (SSSR count).